The minimum Gasteiger partial charge on any atom is -0.311 e. The second-order valence-electron chi connectivity index (χ2n) is 18.3. The maximum Gasteiger partial charge on any atom is 0.0720 e. The molecule has 0 atom stereocenters. The van der Waals surface area contributed by atoms with Crippen LogP contribution in [0.3, 0.4) is 0 Å². The molecule has 13 rings (SSSR count). The molecule has 11 aromatic rings. The van der Waals surface area contributed by atoms with E-state index in [1.807, 2.05) is 0 Å². The van der Waals surface area contributed by atoms with Crippen molar-refractivity contribution in [2.75, 3.05) is 9.80 Å². The molecule has 0 heterocycles. The van der Waals surface area contributed by atoms with Crippen LogP contribution in [0.5, 0.6) is 0 Å². The normalized spacial score (nSPS) is 13.4. The minimum absolute atomic E-state index is 0.572. The van der Waals surface area contributed by atoms with Gasteiger partial charge in [0, 0.05) is 34.0 Å². The fraction of sp³-hybridized carbons (Fsp3) is 0.0294. The predicted octanol–water partition coefficient (Wildman–Crippen LogP) is 17.4. The van der Waals surface area contributed by atoms with Crippen LogP contribution in [0.25, 0.3) is 22.3 Å². The molecule has 0 amide bonds. The van der Waals surface area contributed by atoms with Gasteiger partial charge in [-0.15, -0.1) is 0 Å². The average Bonchev–Trinajstić information content (AvgIpc) is 3.74. The van der Waals surface area contributed by atoms with Crippen molar-refractivity contribution in [3.63, 3.8) is 0 Å². The molecular weight excluding hydrogens is 845 g/mol. The van der Waals surface area contributed by atoms with E-state index in [1.165, 1.54) is 66.8 Å². The highest BCUT2D eigenvalue weighted by Gasteiger charge is 2.57. The predicted molar refractivity (Wildman–Crippen MR) is 290 cm³/mol. The van der Waals surface area contributed by atoms with Crippen LogP contribution in [0.15, 0.2) is 291 Å². The molecule has 0 saturated carbocycles. The molecular formula is C68H48N2. The lowest BCUT2D eigenvalue weighted by atomic mass is 9.51. The molecule has 70 heavy (non-hydrogen) atoms. The Morgan fingerprint density at radius 3 is 1.06 bits per heavy atom. The van der Waals surface area contributed by atoms with E-state index in [9.17, 15) is 0 Å². The van der Waals surface area contributed by atoms with Gasteiger partial charge in [-0.25, -0.2) is 0 Å². The summed E-state index contributed by atoms with van der Waals surface area (Å²) in [6, 6.07) is 107. The Bertz CT molecular complexity index is 3500. The average molecular weight is 893 g/mol. The topological polar surface area (TPSA) is 6.48 Å². The fourth-order valence-electron chi connectivity index (χ4n) is 12.0. The zero-order valence-electron chi connectivity index (χ0n) is 38.6. The van der Waals surface area contributed by atoms with Crippen molar-refractivity contribution in [2.24, 2.45) is 0 Å². The van der Waals surface area contributed by atoms with Crippen LogP contribution in [-0.2, 0) is 10.8 Å². The van der Waals surface area contributed by atoms with E-state index in [2.05, 4.69) is 301 Å². The van der Waals surface area contributed by atoms with Gasteiger partial charge in [-0.2, -0.15) is 0 Å². The number of hydrogen-bond acceptors (Lipinski definition) is 2. The van der Waals surface area contributed by atoms with Crippen LogP contribution >= 0.6 is 0 Å². The molecule has 11 aromatic carbocycles. The van der Waals surface area contributed by atoms with Gasteiger partial charge in [-0.1, -0.05) is 224 Å². The number of para-hydroxylation sites is 2. The van der Waals surface area contributed by atoms with E-state index in [0.717, 1.165) is 34.1 Å². The van der Waals surface area contributed by atoms with Gasteiger partial charge in [0.2, 0.25) is 0 Å². The molecule has 2 aliphatic rings. The van der Waals surface area contributed by atoms with Crippen LogP contribution in [-0.4, -0.2) is 0 Å². The number of anilines is 6. The summed E-state index contributed by atoms with van der Waals surface area (Å²) in [5.74, 6) is 0. The molecule has 1 spiro atoms. The third-order valence-electron chi connectivity index (χ3n) is 14.8. The zero-order valence-corrected chi connectivity index (χ0v) is 38.6. The van der Waals surface area contributed by atoms with E-state index in [4.69, 9.17) is 0 Å². The fourth-order valence-corrected chi connectivity index (χ4v) is 12.0. The maximum absolute atomic E-state index is 2.47. The van der Waals surface area contributed by atoms with Crippen LogP contribution in [0.2, 0.25) is 0 Å². The van der Waals surface area contributed by atoms with Crippen molar-refractivity contribution in [1.29, 1.82) is 0 Å². The Hall–Kier alpha value is -8.98. The molecule has 0 aliphatic heterocycles. The largest absolute Gasteiger partial charge is 0.311 e. The summed E-state index contributed by atoms with van der Waals surface area (Å²) >= 11 is 0. The quantitative estimate of drug-likeness (QED) is 0.142. The van der Waals surface area contributed by atoms with E-state index in [-0.39, 0.29) is 0 Å². The van der Waals surface area contributed by atoms with E-state index in [1.54, 1.807) is 0 Å². The van der Waals surface area contributed by atoms with Gasteiger partial charge in [-0.05, 0) is 128 Å². The van der Waals surface area contributed by atoms with Gasteiger partial charge >= 0.3 is 0 Å². The molecule has 0 fully saturated rings. The molecule has 0 N–H and O–H groups in total. The number of nitrogens with zero attached hydrogens (tertiary/aromatic N) is 2. The Balaban J connectivity index is 1.06. The van der Waals surface area contributed by atoms with Gasteiger partial charge in [0.1, 0.15) is 0 Å². The van der Waals surface area contributed by atoms with Crippen LogP contribution in [0, 0.1) is 0 Å². The van der Waals surface area contributed by atoms with E-state index >= 15 is 0 Å². The maximum atomic E-state index is 2.47. The summed E-state index contributed by atoms with van der Waals surface area (Å²) in [4.78, 5) is 4.80. The van der Waals surface area contributed by atoms with Crippen LogP contribution in [0.4, 0.5) is 34.1 Å². The Kier molecular flexibility index (Phi) is 9.99. The van der Waals surface area contributed by atoms with Crippen LogP contribution < -0.4 is 9.80 Å². The lowest BCUT2D eigenvalue weighted by Crippen LogP contribution is -2.44. The summed E-state index contributed by atoms with van der Waals surface area (Å²) in [5.41, 5.74) is 20.5. The lowest BCUT2D eigenvalue weighted by molar-refractivity contribution is 0.623. The van der Waals surface area contributed by atoms with E-state index < -0.39 is 10.8 Å². The van der Waals surface area contributed by atoms with Gasteiger partial charge in [0.25, 0.3) is 0 Å². The highest BCUT2D eigenvalue weighted by Crippen LogP contribution is 2.66. The van der Waals surface area contributed by atoms with Gasteiger partial charge in [0.05, 0.1) is 16.5 Å². The van der Waals surface area contributed by atoms with Crippen molar-refractivity contribution in [1.82, 2.24) is 0 Å². The number of fused-ring (bicyclic) bond motifs is 9. The molecule has 0 bridgehead atoms. The third kappa shape index (κ3) is 6.27. The van der Waals surface area contributed by atoms with Crippen molar-refractivity contribution in [3.8, 4) is 22.3 Å². The summed E-state index contributed by atoms with van der Waals surface area (Å²) < 4.78 is 0. The zero-order chi connectivity index (χ0) is 46.5. The van der Waals surface area contributed by atoms with Crippen molar-refractivity contribution >= 4 is 34.1 Å². The molecule has 2 nitrogen and oxygen atoms in total. The van der Waals surface area contributed by atoms with Gasteiger partial charge in [0.15, 0.2) is 0 Å². The Labute approximate surface area is 410 Å². The lowest BCUT2D eigenvalue weighted by Gasteiger charge is -2.50. The molecule has 0 saturated heterocycles. The number of rotatable bonds is 9. The highest BCUT2D eigenvalue weighted by atomic mass is 15.2. The first-order valence-electron chi connectivity index (χ1n) is 24.3. The highest BCUT2D eigenvalue weighted by molar-refractivity contribution is 5.99. The van der Waals surface area contributed by atoms with Crippen molar-refractivity contribution < 1.29 is 0 Å². The SMILES string of the molecule is c1ccc(-c2ccc(N(c3ccc(N(c4ccccc4)c4ccccc4)cc3)c3cccc4c3-c3ccccc3C43c4ccccc4C(c4ccccc4)(c4ccccc4)c4ccccc43)cc2)cc1. The Morgan fingerprint density at radius 1 is 0.214 bits per heavy atom. The molecule has 330 valence electrons. The standard InChI is InChI=1S/C68H48N2/c1-6-23-49(24-7-1)50-41-43-56(44-42-50)70(57-47-45-55(46-48-57)69(53-29-12-4-13-30-53)54-31-14-5-15-32-54)65-40-22-39-64-66(65)58-33-16-17-34-59(58)68(64)62-37-20-18-35-60(62)67(51-25-8-2-9-26-51,52-27-10-3-11-28-52)61-36-19-21-38-63(61)68/h1-48H. The molecule has 0 aromatic heterocycles. The van der Waals surface area contributed by atoms with E-state index in [0.29, 0.717) is 0 Å². The summed E-state index contributed by atoms with van der Waals surface area (Å²) in [5, 5.41) is 0. The number of hydrogen-bond donors (Lipinski definition) is 0. The van der Waals surface area contributed by atoms with Gasteiger partial charge in [-0.3, -0.25) is 0 Å². The minimum atomic E-state index is -0.624. The second-order valence-corrected chi connectivity index (χ2v) is 18.3. The summed E-state index contributed by atoms with van der Waals surface area (Å²) in [6.45, 7) is 0. The first-order valence-corrected chi connectivity index (χ1v) is 24.3. The van der Waals surface area contributed by atoms with Crippen LogP contribution in [0.1, 0.15) is 44.5 Å². The summed E-state index contributed by atoms with van der Waals surface area (Å²) in [7, 11) is 0. The summed E-state index contributed by atoms with van der Waals surface area (Å²) in [6.07, 6.45) is 0. The Morgan fingerprint density at radius 2 is 0.557 bits per heavy atom. The van der Waals surface area contributed by atoms with Crippen molar-refractivity contribution in [2.45, 2.75) is 10.8 Å². The molecule has 2 heteroatoms. The van der Waals surface area contributed by atoms with Gasteiger partial charge < -0.3 is 9.80 Å². The molecule has 0 unspecified atom stereocenters. The monoisotopic (exact) mass is 892 g/mol. The first-order chi connectivity index (χ1) is 34.8. The molecule has 0 radical (unpaired) electrons. The number of benzene rings is 11. The second kappa shape index (κ2) is 17.0. The van der Waals surface area contributed by atoms with Crippen molar-refractivity contribution in [3.05, 3.63) is 336 Å². The first kappa shape index (κ1) is 41.2. The third-order valence-corrected chi connectivity index (χ3v) is 14.8. The molecule has 2 aliphatic carbocycles. The smallest absolute Gasteiger partial charge is 0.0720 e.